The summed E-state index contributed by atoms with van der Waals surface area (Å²) in [4.78, 5) is 0. The van der Waals surface area contributed by atoms with Crippen molar-refractivity contribution in [2.24, 2.45) is 0 Å². The maximum atomic E-state index is 3.79. The molecule has 0 unspecified atom stereocenters. The molecule has 0 atom stereocenters. The molecule has 0 aliphatic heterocycles. The maximum absolute atomic E-state index is 3.79. The van der Waals surface area contributed by atoms with Crippen LogP contribution in [0.25, 0.3) is 0 Å². The number of aryl methyl sites for hydroxylation is 2. The van der Waals surface area contributed by atoms with Crippen LogP contribution < -0.4 is 0 Å². The SMILES string of the molecule is CCCCN(CCCC)P(=[Se])(CCc1ccccc1)CCc1ccccc1. The molecule has 2 rings (SSSR count). The minimum absolute atomic E-state index is 1.19. The van der Waals surface area contributed by atoms with Crippen molar-refractivity contribution in [3.8, 4) is 0 Å². The van der Waals surface area contributed by atoms with Gasteiger partial charge in [-0.25, -0.2) is 0 Å². The van der Waals surface area contributed by atoms with E-state index in [4.69, 9.17) is 0 Å². The van der Waals surface area contributed by atoms with Crippen molar-refractivity contribution in [3.63, 3.8) is 0 Å². The molecule has 27 heavy (non-hydrogen) atoms. The van der Waals surface area contributed by atoms with Crippen molar-refractivity contribution in [1.82, 2.24) is 4.67 Å². The van der Waals surface area contributed by atoms with Gasteiger partial charge in [-0.05, 0) is 0 Å². The van der Waals surface area contributed by atoms with E-state index in [2.05, 4.69) is 94.3 Å². The zero-order chi connectivity index (χ0) is 19.4. The molecule has 0 aliphatic carbocycles. The summed E-state index contributed by atoms with van der Waals surface area (Å²) in [6.07, 6.45) is 10.1. The van der Waals surface area contributed by atoms with Gasteiger partial charge < -0.3 is 0 Å². The van der Waals surface area contributed by atoms with Gasteiger partial charge in [0.25, 0.3) is 0 Å². The van der Waals surface area contributed by atoms with E-state index >= 15 is 0 Å². The van der Waals surface area contributed by atoms with E-state index in [9.17, 15) is 0 Å². The van der Waals surface area contributed by atoms with Crippen LogP contribution in [0, 0.1) is 0 Å². The van der Waals surface area contributed by atoms with Crippen LogP contribution in [0.1, 0.15) is 50.7 Å². The molecule has 2 aromatic rings. The third-order valence-electron chi connectivity index (χ3n) is 5.24. The number of rotatable bonds is 13. The average molecular weight is 448 g/mol. The van der Waals surface area contributed by atoms with E-state index in [1.165, 1.54) is 75.1 Å². The molecule has 1 nitrogen and oxygen atoms in total. The molecule has 0 heterocycles. The van der Waals surface area contributed by atoms with E-state index in [0.29, 0.717) is 0 Å². The first kappa shape index (κ1) is 22.6. The summed E-state index contributed by atoms with van der Waals surface area (Å²) in [7, 11) is 0. The number of hydrogen-bond acceptors (Lipinski definition) is 1. The molecular weight excluding hydrogens is 412 g/mol. The average Bonchev–Trinajstić information content (AvgIpc) is 2.72. The van der Waals surface area contributed by atoms with Gasteiger partial charge >= 0.3 is 175 Å². The molecular formula is C24H36NPSe. The Bertz CT molecular complexity index is 616. The van der Waals surface area contributed by atoms with Gasteiger partial charge in [-0.1, -0.05) is 0 Å². The van der Waals surface area contributed by atoms with Crippen molar-refractivity contribution in [1.29, 1.82) is 0 Å². The predicted molar refractivity (Wildman–Crippen MR) is 124 cm³/mol. The molecule has 0 bridgehead atoms. The topological polar surface area (TPSA) is 3.24 Å². The van der Waals surface area contributed by atoms with Crippen molar-refractivity contribution in [3.05, 3.63) is 71.8 Å². The molecule has 0 saturated heterocycles. The normalized spacial score (nSPS) is 11.8. The second-order valence-corrected chi connectivity index (χ2v) is 14.9. The summed E-state index contributed by atoms with van der Waals surface area (Å²) in [6, 6.07) is 22.1. The number of hydrogen-bond donors (Lipinski definition) is 0. The van der Waals surface area contributed by atoms with E-state index in [-0.39, 0.29) is 0 Å². The summed E-state index contributed by atoms with van der Waals surface area (Å²) >= 11 is 3.79. The Hall–Kier alpha value is -0.651. The van der Waals surface area contributed by atoms with Gasteiger partial charge in [0.15, 0.2) is 0 Å². The van der Waals surface area contributed by atoms with Crippen LogP contribution in [-0.2, 0) is 12.8 Å². The summed E-state index contributed by atoms with van der Waals surface area (Å²) in [5.74, 6) is 0. The first-order valence-electron chi connectivity index (χ1n) is 10.6. The van der Waals surface area contributed by atoms with Gasteiger partial charge in [-0.3, -0.25) is 0 Å². The van der Waals surface area contributed by atoms with Crippen molar-refractivity contribution >= 4 is 20.8 Å². The molecule has 0 fully saturated rings. The number of benzene rings is 2. The van der Waals surface area contributed by atoms with Crippen molar-refractivity contribution in [2.75, 3.05) is 25.4 Å². The van der Waals surface area contributed by atoms with Gasteiger partial charge in [-0.15, -0.1) is 0 Å². The van der Waals surface area contributed by atoms with Gasteiger partial charge in [0.05, 0.1) is 0 Å². The molecule has 0 aromatic heterocycles. The first-order chi connectivity index (χ1) is 13.2. The zero-order valence-corrected chi connectivity index (χ0v) is 19.8. The molecule has 0 saturated carbocycles. The minimum atomic E-state index is -1.26. The molecule has 0 amide bonds. The fourth-order valence-corrected chi connectivity index (χ4v) is 8.64. The number of nitrogens with zero attached hydrogens (tertiary/aromatic N) is 1. The third kappa shape index (κ3) is 8.08. The molecule has 3 heteroatoms. The summed E-state index contributed by atoms with van der Waals surface area (Å²) < 4.78 is 2.87. The number of unbranched alkanes of at least 4 members (excludes halogenated alkanes) is 2. The van der Waals surface area contributed by atoms with Crippen LogP contribution in [0.2, 0.25) is 0 Å². The molecule has 0 N–H and O–H groups in total. The Labute approximate surface area is 174 Å². The Morgan fingerprint density at radius 1 is 0.704 bits per heavy atom. The van der Waals surface area contributed by atoms with E-state index < -0.39 is 5.66 Å². The molecule has 0 spiro atoms. The summed E-state index contributed by atoms with van der Waals surface area (Å²) in [6.45, 7) is 7.12. The second-order valence-electron chi connectivity index (χ2n) is 7.43. The quantitative estimate of drug-likeness (QED) is 0.254. The fourth-order valence-electron chi connectivity index (χ4n) is 3.45. The van der Waals surface area contributed by atoms with Gasteiger partial charge in [0, 0.05) is 0 Å². The van der Waals surface area contributed by atoms with Crippen LogP contribution >= 0.6 is 5.66 Å². The molecule has 148 valence electrons. The zero-order valence-electron chi connectivity index (χ0n) is 17.1. The third-order valence-corrected chi connectivity index (χ3v) is 12.3. The van der Waals surface area contributed by atoms with Gasteiger partial charge in [-0.2, -0.15) is 0 Å². The monoisotopic (exact) mass is 449 g/mol. The van der Waals surface area contributed by atoms with Crippen LogP contribution in [-0.4, -0.2) is 45.2 Å². The molecule has 0 radical (unpaired) electrons. The standard InChI is InChI=1S/C24H36NPSe/c1-3-5-19-25(20-6-4-2)26(27,21-17-23-13-9-7-10-14-23)22-18-24-15-11-8-12-16-24/h7-16H,3-6,17-22H2,1-2H3. The van der Waals surface area contributed by atoms with Crippen LogP contribution in [0.5, 0.6) is 0 Å². The molecule has 0 aliphatic rings. The predicted octanol–water partition coefficient (Wildman–Crippen LogP) is 6.39. The van der Waals surface area contributed by atoms with Crippen molar-refractivity contribution in [2.45, 2.75) is 52.4 Å². The van der Waals surface area contributed by atoms with Gasteiger partial charge in [0.2, 0.25) is 0 Å². The molecule has 2 aromatic carbocycles. The van der Waals surface area contributed by atoms with Crippen LogP contribution in [0.15, 0.2) is 60.7 Å². The fraction of sp³-hybridized carbons (Fsp3) is 0.500. The van der Waals surface area contributed by atoms with Crippen molar-refractivity contribution < 1.29 is 0 Å². The Kier molecular flexibility index (Phi) is 10.7. The van der Waals surface area contributed by atoms with E-state index in [1.807, 2.05) is 0 Å². The van der Waals surface area contributed by atoms with E-state index in [0.717, 1.165) is 0 Å². The van der Waals surface area contributed by atoms with Gasteiger partial charge in [0.1, 0.15) is 0 Å². The second kappa shape index (κ2) is 12.7. The summed E-state index contributed by atoms with van der Waals surface area (Å²) in [5.41, 5.74) is 1.69. The van der Waals surface area contributed by atoms with Crippen LogP contribution in [0.4, 0.5) is 0 Å². The van der Waals surface area contributed by atoms with E-state index in [1.54, 1.807) is 0 Å². The first-order valence-corrected chi connectivity index (χ1v) is 14.9. The Morgan fingerprint density at radius 3 is 1.48 bits per heavy atom. The Balaban J connectivity index is 2.13. The van der Waals surface area contributed by atoms with Crippen LogP contribution in [0.3, 0.4) is 0 Å². The Morgan fingerprint density at radius 2 is 1.11 bits per heavy atom. The summed E-state index contributed by atoms with van der Waals surface area (Å²) in [5, 5.41) is 0.